The number of nitrogens with one attached hydrogen (secondary N) is 1. The maximum absolute atomic E-state index is 13.0. The molecular formula is C21H26FN3O2. The van der Waals surface area contributed by atoms with E-state index in [0.717, 1.165) is 44.1 Å². The molecule has 1 amide bonds. The Morgan fingerprint density at radius 3 is 2.44 bits per heavy atom. The first kappa shape index (κ1) is 19.2. The van der Waals surface area contributed by atoms with Gasteiger partial charge in [-0.1, -0.05) is 19.1 Å². The normalized spacial score (nSPS) is 16.0. The van der Waals surface area contributed by atoms with Crippen LogP contribution in [0.2, 0.25) is 0 Å². The maximum Gasteiger partial charge on any atom is 0.265 e. The minimum atomic E-state index is -0.694. The van der Waals surface area contributed by atoms with Crippen LogP contribution in [0.1, 0.15) is 13.8 Å². The van der Waals surface area contributed by atoms with Crippen LogP contribution in [0.3, 0.4) is 0 Å². The fourth-order valence-electron chi connectivity index (χ4n) is 3.17. The van der Waals surface area contributed by atoms with Gasteiger partial charge in [0.15, 0.2) is 6.10 Å². The molecule has 1 atom stereocenters. The molecular weight excluding hydrogens is 345 g/mol. The summed E-state index contributed by atoms with van der Waals surface area (Å²) in [5.74, 6) is -0.112. The predicted molar refractivity (Wildman–Crippen MR) is 106 cm³/mol. The van der Waals surface area contributed by atoms with Crippen LogP contribution in [0.5, 0.6) is 5.75 Å². The van der Waals surface area contributed by atoms with Crippen molar-refractivity contribution in [2.24, 2.45) is 0 Å². The van der Waals surface area contributed by atoms with Crippen molar-refractivity contribution in [2.45, 2.75) is 20.0 Å². The molecule has 1 aliphatic heterocycles. The highest BCUT2D eigenvalue weighted by molar-refractivity contribution is 5.97. The zero-order valence-corrected chi connectivity index (χ0v) is 15.8. The van der Waals surface area contributed by atoms with Gasteiger partial charge in [0.05, 0.1) is 11.4 Å². The number of carbonyl (C=O) groups excluding carboxylic acids is 1. The minimum absolute atomic E-state index is 0.237. The Morgan fingerprint density at radius 2 is 1.78 bits per heavy atom. The Morgan fingerprint density at radius 1 is 1.11 bits per heavy atom. The summed E-state index contributed by atoms with van der Waals surface area (Å²) < 4.78 is 18.6. The van der Waals surface area contributed by atoms with E-state index < -0.39 is 6.10 Å². The van der Waals surface area contributed by atoms with Crippen molar-refractivity contribution in [1.29, 1.82) is 0 Å². The van der Waals surface area contributed by atoms with Crippen LogP contribution >= 0.6 is 0 Å². The van der Waals surface area contributed by atoms with E-state index in [1.54, 1.807) is 6.92 Å². The molecule has 1 N–H and O–H groups in total. The van der Waals surface area contributed by atoms with Gasteiger partial charge in [0, 0.05) is 26.2 Å². The molecule has 0 spiro atoms. The SMILES string of the molecule is CCN1CCN(c2ccccc2NC(=O)C(C)Oc2ccc(F)cc2)CC1. The molecule has 1 saturated heterocycles. The van der Waals surface area contributed by atoms with Crippen molar-refractivity contribution in [3.05, 3.63) is 54.3 Å². The largest absolute Gasteiger partial charge is 0.481 e. The number of ether oxygens (including phenoxy) is 1. The Kier molecular flexibility index (Phi) is 6.29. The summed E-state index contributed by atoms with van der Waals surface area (Å²) in [6, 6.07) is 13.5. The van der Waals surface area contributed by atoms with E-state index >= 15 is 0 Å². The van der Waals surface area contributed by atoms with Crippen LogP contribution in [-0.2, 0) is 4.79 Å². The third-order valence-electron chi connectivity index (χ3n) is 4.82. The molecule has 0 radical (unpaired) electrons. The molecule has 0 bridgehead atoms. The van der Waals surface area contributed by atoms with Gasteiger partial charge in [-0.3, -0.25) is 4.79 Å². The molecule has 2 aromatic rings. The number of likely N-dealkylation sites (N-methyl/N-ethyl adjacent to an activating group) is 1. The van der Waals surface area contributed by atoms with Crippen LogP contribution in [0.25, 0.3) is 0 Å². The van der Waals surface area contributed by atoms with E-state index in [0.29, 0.717) is 5.75 Å². The second-order valence-corrected chi connectivity index (χ2v) is 6.64. The van der Waals surface area contributed by atoms with Crippen molar-refractivity contribution in [1.82, 2.24) is 4.90 Å². The Labute approximate surface area is 159 Å². The molecule has 6 heteroatoms. The zero-order valence-electron chi connectivity index (χ0n) is 15.8. The average molecular weight is 371 g/mol. The number of carbonyl (C=O) groups is 1. The lowest BCUT2D eigenvalue weighted by Gasteiger charge is -2.36. The van der Waals surface area contributed by atoms with Gasteiger partial charge < -0.3 is 19.9 Å². The number of hydrogen-bond acceptors (Lipinski definition) is 4. The summed E-state index contributed by atoms with van der Waals surface area (Å²) in [4.78, 5) is 17.3. The summed E-state index contributed by atoms with van der Waals surface area (Å²) >= 11 is 0. The molecule has 0 aliphatic carbocycles. The van der Waals surface area contributed by atoms with E-state index in [-0.39, 0.29) is 11.7 Å². The number of piperazine rings is 1. The molecule has 27 heavy (non-hydrogen) atoms. The third-order valence-corrected chi connectivity index (χ3v) is 4.82. The number of amides is 1. The van der Waals surface area contributed by atoms with Crippen LogP contribution in [0.15, 0.2) is 48.5 Å². The third kappa shape index (κ3) is 4.98. The highest BCUT2D eigenvalue weighted by Gasteiger charge is 2.21. The first-order valence-corrected chi connectivity index (χ1v) is 9.36. The van der Waals surface area contributed by atoms with E-state index in [1.165, 1.54) is 24.3 Å². The Balaban J connectivity index is 1.64. The zero-order chi connectivity index (χ0) is 19.2. The lowest BCUT2D eigenvalue weighted by atomic mass is 10.2. The number of rotatable bonds is 6. The highest BCUT2D eigenvalue weighted by atomic mass is 19.1. The quantitative estimate of drug-likeness (QED) is 0.846. The van der Waals surface area contributed by atoms with Gasteiger partial charge in [0.2, 0.25) is 0 Å². The monoisotopic (exact) mass is 371 g/mol. The van der Waals surface area contributed by atoms with Crippen molar-refractivity contribution in [2.75, 3.05) is 42.9 Å². The number of nitrogens with zero attached hydrogens (tertiary/aromatic N) is 2. The summed E-state index contributed by atoms with van der Waals surface area (Å²) in [6.45, 7) is 8.81. The summed E-state index contributed by atoms with van der Waals surface area (Å²) in [5, 5.41) is 2.97. The summed E-state index contributed by atoms with van der Waals surface area (Å²) in [6.07, 6.45) is -0.694. The van der Waals surface area contributed by atoms with Crippen LogP contribution < -0.4 is 15.0 Å². The van der Waals surface area contributed by atoms with E-state index in [1.807, 2.05) is 24.3 Å². The highest BCUT2D eigenvalue weighted by Crippen LogP contribution is 2.27. The molecule has 0 aromatic heterocycles. The van der Waals surface area contributed by atoms with Crippen molar-refractivity contribution in [3.8, 4) is 5.75 Å². The molecule has 144 valence electrons. The molecule has 3 rings (SSSR count). The van der Waals surface area contributed by atoms with E-state index in [2.05, 4.69) is 22.0 Å². The number of para-hydroxylation sites is 2. The predicted octanol–water partition coefficient (Wildman–Crippen LogP) is 3.37. The molecule has 1 unspecified atom stereocenters. The molecule has 1 aliphatic rings. The number of anilines is 2. The van der Waals surface area contributed by atoms with Crippen molar-refractivity contribution < 1.29 is 13.9 Å². The van der Waals surface area contributed by atoms with E-state index in [9.17, 15) is 9.18 Å². The number of halogens is 1. The van der Waals surface area contributed by atoms with E-state index in [4.69, 9.17) is 4.74 Å². The molecule has 5 nitrogen and oxygen atoms in total. The van der Waals surface area contributed by atoms with Crippen LogP contribution in [0, 0.1) is 5.82 Å². The van der Waals surface area contributed by atoms with Crippen molar-refractivity contribution in [3.63, 3.8) is 0 Å². The van der Waals surface area contributed by atoms with Gasteiger partial charge in [-0.25, -0.2) is 4.39 Å². The lowest BCUT2D eigenvalue weighted by Crippen LogP contribution is -2.46. The molecule has 2 aromatic carbocycles. The standard InChI is InChI=1S/C21H26FN3O2/c1-3-24-12-14-25(15-13-24)20-7-5-4-6-19(20)23-21(26)16(2)27-18-10-8-17(22)9-11-18/h4-11,16H,3,12-15H2,1-2H3,(H,23,26). The number of hydrogen-bond donors (Lipinski definition) is 1. The fraction of sp³-hybridized carbons (Fsp3) is 0.381. The Hall–Kier alpha value is -2.60. The van der Waals surface area contributed by atoms with Gasteiger partial charge in [0.25, 0.3) is 5.91 Å². The van der Waals surface area contributed by atoms with Gasteiger partial charge in [-0.2, -0.15) is 0 Å². The molecule has 1 heterocycles. The second kappa shape index (κ2) is 8.86. The van der Waals surface area contributed by atoms with Crippen LogP contribution in [-0.4, -0.2) is 49.6 Å². The molecule has 1 fully saturated rings. The number of benzene rings is 2. The lowest BCUT2D eigenvalue weighted by molar-refractivity contribution is -0.122. The Bertz CT molecular complexity index is 758. The topological polar surface area (TPSA) is 44.8 Å². The average Bonchev–Trinajstić information content (AvgIpc) is 2.70. The summed E-state index contributed by atoms with van der Waals surface area (Å²) in [5.41, 5.74) is 1.80. The van der Waals surface area contributed by atoms with Gasteiger partial charge in [-0.05, 0) is 49.9 Å². The van der Waals surface area contributed by atoms with Gasteiger partial charge in [0.1, 0.15) is 11.6 Å². The second-order valence-electron chi connectivity index (χ2n) is 6.64. The van der Waals surface area contributed by atoms with Crippen LogP contribution in [0.4, 0.5) is 15.8 Å². The van der Waals surface area contributed by atoms with Crippen molar-refractivity contribution >= 4 is 17.3 Å². The minimum Gasteiger partial charge on any atom is -0.481 e. The summed E-state index contributed by atoms with van der Waals surface area (Å²) in [7, 11) is 0. The maximum atomic E-state index is 13.0. The van der Waals surface area contributed by atoms with Gasteiger partial charge in [-0.15, -0.1) is 0 Å². The van der Waals surface area contributed by atoms with Gasteiger partial charge >= 0.3 is 0 Å². The molecule has 0 saturated carbocycles. The first-order valence-electron chi connectivity index (χ1n) is 9.36. The smallest absolute Gasteiger partial charge is 0.265 e. The first-order chi connectivity index (χ1) is 13.1. The fourth-order valence-corrected chi connectivity index (χ4v) is 3.17.